The molecule has 0 saturated carbocycles. The zero-order chi connectivity index (χ0) is 13.0. The number of rotatable bonds is 5. The van der Waals surface area contributed by atoms with E-state index in [1.54, 1.807) is 12.1 Å². The van der Waals surface area contributed by atoms with E-state index in [1.807, 2.05) is 13.1 Å². The summed E-state index contributed by atoms with van der Waals surface area (Å²) >= 11 is 3.16. The van der Waals surface area contributed by atoms with Gasteiger partial charge in [-0.3, -0.25) is 4.90 Å². The van der Waals surface area contributed by atoms with Gasteiger partial charge in [0.15, 0.2) is 0 Å². The molecule has 4 heteroatoms. The van der Waals surface area contributed by atoms with Crippen molar-refractivity contribution in [2.75, 3.05) is 13.6 Å². The highest BCUT2D eigenvalue weighted by molar-refractivity contribution is 9.10. The van der Waals surface area contributed by atoms with Gasteiger partial charge in [-0.1, -0.05) is 13.0 Å². The molecule has 2 atom stereocenters. The Kier molecular flexibility index (Phi) is 5.56. The van der Waals surface area contributed by atoms with Crippen LogP contribution in [0.1, 0.15) is 31.9 Å². The molecule has 1 aromatic rings. The molecule has 0 spiro atoms. The van der Waals surface area contributed by atoms with Crippen LogP contribution in [0.2, 0.25) is 0 Å². The predicted octanol–water partition coefficient (Wildman–Crippen LogP) is 3.32. The molecule has 0 aliphatic heterocycles. The van der Waals surface area contributed by atoms with Gasteiger partial charge in [0.05, 0.1) is 4.47 Å². The molecule has 0 aromatic heterocycles. The Morgan fingerprint density at radius 1 is 1.47 bits per heavy atom. The van der Waals surface area contributed by atoms with E-state index in [0.717, 1.165) is 12.0 Å². The van der Waals surface area contributed by atoms with Gasteiger partial charge in [0.1, 0.15) is 5.82 Å². The second-order valence-corrected chi connectivity index (χ2v) is 5.20. The lowest BCUT2D eigenvalue weighted by atomic mass is 10.0. The van der Waals surface area contributed by atoms with Gasteiger partial charge in [0.25, 0.3) is 0 Å². The summed E-state index contributed by atoms with van der Waals surface area (Å²) in [6.45, 7) is 4.77. The van der Waals surface area contributed by atoms with E-state index in [0.29, 0.717) is 17.1 Å². The standard InChI is InChI=1S/C13H20BrFN2/c1-4-9(2)17(3)13(8-16)10-5-6-11(14)12(15)7-10/h5-7,9,13H,4,8,16H2,1-3H3. The predicted molar refractivity (Wildman–Crippen MR) is 73.4 cm³/mol. The number of benzene rings is 1. The smallest absolute Gasteiger partial charge is 0.137 e. The molecular formula is C13H20BrFN2. The molecule has 0 radical (unpaired) electrons. The van der Waals surface area contributed by atoms with Gasteiger partial charge < -0.3 is 5.73 Å². The summed E-state index contributed by atoms with van der Waals surface area (Å²) < 4.78 is 14.0. The molecule has 0 fully saturated rings. The molecular weight excluding hydrogens is 283 g/mol. The van der Waals surface area contributed by atoms with Crippen LogP contribution in [0, 0.1) is 5.82 Å². The maximum Gasteiger partial charge on any atom is 0.137 e. The third-order valence-electron chi connectivity index (χ3n) is 3.33. The van der Waals surface area contributed by atoms with Gasteiger partial charge in [0, 0.05) is 18.6 Å². The Bertz CT molecular complexity index is 370. The van der Waals surface area contributed by atoms with Crippen molar-refractivity contribution in [3.05, 3.63) is 34.1 Å². The normalized spacial score (nSPS) is 15.0. The van der Waals surface area contributed by atoms with Gasteiger partial charge in [0.2, 0.25) is 0 Å². The highest BCUT2D eigenvalue weighted by Crippen LogP contribution is 2.25. The first-order valence-electron chi connectivity index (χ1n) is 5.88. The van der Waals surface area contributed by atoms with Crippen molar-refractivity contribution in [2.45, 2.75) is 32.4 Å². The first kappa shape index (κ1) is 14.6. The second kappa shape index (κ2) is 6.47. The van der Waals surface area contributed by atoms with Crippen molar-refractivity contribution in [3.8, 4) is 0 Å². The fourth-order valence-corrected chi connectivity index (χ4v) is 2.10. The van der Waals surface area contributed by atoms with Crippen LogP contribution >= 0.6 is 15.9 Å². The average Bonchev–Trinajstić information content (AvgIpc) is 2.33. The molecule has 0 aliphatic rings. The molecule has 1 aromatic carbocycles. The van der Waals surface area contributed by atoms with Gasteiger partial charge in [-0.15, -0.1) is 0 Å². The number of nitrogens with two attached hydrogens (primary N) is 1. The van der Waals surface area contributed by atoms with Gasteiger partial charge in [-0.2, -0.15) is 0 Å². The van der Waals surface area contributed by atoms with Gasteiger partial charge >= 0.3 is 0 Å². The Balaban J connectivity index is 2.97. The summed E-state index contributed by atoms with van der Waals surface area (Å²) in [5, 5.41) is 0. The molecule has 2 unspecified atom stereocenters. The van der Waals surface area contributed by atoms with Crippen LogP contribution in [0.5, 0.6) is 0 Å². The minimum absolute atomic E-state index is 0.0625. The SMILES string of the molecule is CCC(C)N(C)C(CN)c1ccc(Br)c(F)c1. The quantitative estimate of drug-likeness (QED) is 0.904. The van der Waals surface area contributed by atoms with Crippen LogP contribution < -0.4 is 5.73 Å². The third kappa shape index (κ3) is 3.50. The summed E-state index contributed by atoms with van der Waals surface area (Å²) in [4.78, 5) is 2.20. The van der Waals surface area contributed by atoms with Crippen molar-refractivity contribution < 1.29 is 4.39 Å². The third-order valence-corrected chi connectivity index (χ3v) is 3.97. The van der Waals surface area contributed by atoms with E-state index in [4.69, 9.17) is 5.73 Å². The largest absolute Gasteiger partial charge is 0.329 e. The van der Waals surface area contributed by atoms with Gasteiger partial charge in [-0.25, -0.2) is 4.39 Å². The topological polar surface area (TPSA) is 29.3 Å². The number of likely N-dealkylation sites (N-methyl/N-ethyl adjacent to an activating group) is 1. The van der Waals surface area contributed by atoms with E-state index < -0.39 is 0 Å². The molecule has 2 nitrogen and oxygen atoms in total. The van der Waals surface area contributed by atoms with Crippen LogP contribution in [0.4, 0.5) is 4.39 Å². The Labute approximate surface area is 111 Å². The molecule has 1 rings (SSSR count). The molecule has 17 heavy (non-hydrogen) atoms. The monoisotopic (exact) mass is 302 g/mol. The van der Waals surface area contributed by atoms with Crippen LogP contribution in [-0.2, 0) is 0 Å². The molecule has 2 N–H and O–H groups in total. The van der Waals surface area contributed by atoms with Crippen LogP contribution in [-0.4, -0.2) is 24.5 Å². The summed E-state index contributed by atoms with van der Waals surface area (Å²) in [5.74, 6) is -0.237. The van der Waals surface area contributed by atoms with E-state index in [1.165, 1.54) is 0 Å². The van der Waals surface area contributed by atoms with E-state index in [2.05, 4.69) is 34.7 Å². The van der Waals surface area contributed by atoms with Crippen molar-refractivity contribution >= 4 is 15.9 Å². The first-order valence-corrected chi connectivity index (χ1v) is 6.67. The molecule has 0 bridgehead atoms. The highest BCUT2D eigenvalue weighted by atomic mass is 79.9. The lowest BCUT2D eigenvalue weighted by Gasteiger charge is -2.32. The summed E-state index contributed by atoms with van der Waals surface area (Å²) in [6, 6.07) is 5.70. The molecule has 96 valence electrons. The minimum Gasteiger partial charge on any atom is -0.329 e. The second-order valence-electron chi connectivity index (χ2n) is 4.35. The van der Waals surface area contributed by atoms with E-state index in [9.17, 15) is 4.39 Å². The zero-order valence-electron chi connectivity index (χ0n) is 10.6. The lowest BCUT2D eigenvalue weighted by molar-refractivity contribution is 0.184. The summed E-state index contributed by atoms with van der Waals surface area (Å²) in [5.41, 5.74) is 6.74. The molecule has 0 aliphatic carbocycles. The highest BCUT2D eigenvalue weighted by Gasteiger charge is 2.20. The Morgan fingerprint density at radius 2 is 2.12 bits per heavy atom. The first-order chi connectivity index (χ1) is 8.01. The number of nitrogens with zero attached hydrogens (tertiary/aromatic N) is 1. The zero-order valence-corrected chi connectivity index (χ0v) is 12.2. The summed E-state index contributed by atoms with van der Waals surface area (Å²) in [7, 11) is 2.03. The lowest BCUT2D eigenvalue weighted by Crippen LogP contribution is -2.36. The van der Waals surface area contributed by atoms with Crippen LogP contribution in [0.15, 0.2) is 22.7 Å². The van der Waals surface area contributed by atoms with Crippen molar-refractivity contribution in [2.24, 2.45) is 5.73 Å². The van der Waals surface area contributed by atoms with E-state index >= 15 is 0 Å². The Morgan fingerprint density at radius 3 is 2.59 bits per heavy atom. The van der Waals surface area contributed by atoms with Crippen molar-refractivity contribution in [1.29, 1.82) is 0 Å². The number of hydrogen-bond donors (Lipinski definition) is 1. The summed E-state index contributed by atoms with van der Waals surface area (Å²) in [6.07, 6.45) is 1.05. The maximum absolute atomic E-state index is 13.5. The molecule has 0 saturated heterocycles. The fourth-order valence-electron chi connectivity index (χ4n) is 1.85. The molecule has 0 amide bonds. The van der Waals surface area contributed by atoms with E-state index in [-0.39, 0.29) is 11.9 Å². The maximum atomic E-state index is 13.5. The van der Waals surface area contributed by atoms with Gasteiger partial charge in [-0.05, 0) is 54.0 Å². The Hall–Kier alpha value is -0.450. The van der Waals surface area contributed by atoms with Crippen LogP contribution in [0.3, 0.4) is 0 Å². The average molecular weight is 303 g/mol. The number of hydrogen-bond acceptors (Lipinski definition) is 2. The van der Waals surface area contributed by atoms with Crippen LogP contribution in [0.25, 0.3) is 0 Å². The fraction of sp³-hybridized carbons (Fsp3) is 0.538. The molecule has 0 heterocycles. The van der Waals surface area contributed by atoms with Crippen molar-refractivity contribution in [1.82, 2.24) is 4.90 Å². The van der Waals surface area contributed by atoms with Crippen molar-refractivity contribution in [3.63, 3.8) is 0 Å². The minimum atomic E-state index is -0.237. The number of halogens is 2.